The van der Waals surface area contributed by atoms with Crippen LogP contribution in [0.5, 0.6) is 17.2 Å². The molecule has 32 heavy (non-hydrogen) atoms. The SMILES string of the molecule is CC1COc2c1c(Oc1cc(-c3cnoc3)cc(C(F)(F)F)c1)cc1nc(N)nc(N)c21. The summed E-state index contributed by atoms with van der Waals surface area (Å²) in [6, 6.07) is 4.98. The summed E-state index contributed by atoms with van der Waals surface area (Å²) in [5, 5.41) is 4.05. The lowest BCUT2D eigenvalue weighted by Gasteiger charge is -2.16. The zero-order valence-electron chi connectivity index (χ0n) is 16.6. The summed E-state index contributed by atoms with van der Waals surface area (Å²) in [4.78, 5) is 8.16. The first-order valence-electron chi connectivity index (χ1n) is 9.53. The van der Waals surface area contributed by atoms with Gasteiger partial charge >= 0.3 is 6.18 Å². The zero-order valence-corrected chi connectivity index (χ0v) is 16.6. The largest absolute Gasteiger partial charge is 0.492 e. The molecule has 0 fully saturated rings. The van der Waals surface area contributed by atoms with Crippen LogP contribution in [0.2, 0.25) is 0 Å². The van der Waals surface area contributed by atoms with Crippen LogP contribution in [0.4, 0.5) is 24.9 Å². The Morgan fingerprint density at radius 1 is 1.09 bits per heavy atom. The van der Waals surface area contributed by atoms with Gasteiger partial charge in [0.15, 0.2) is 0 Å². The van der Waals surface area contributed by atoms with Gasteiger partial charge in [-0.3, -0.25) is 0 Å². The fourth-order valence-electron chi connectivity index (χ4n) is 3.76. The normalized spacial score (nSPS) is 15.6. The highest BCUT2D eigenvalue weighted by Crippen LogP contribution is 2.48. The third-order valence-electron chi connectivity index (χ3n) is 5.19. The predicted octanol–water partition coefficient (Wildman–Crippen LogP) is 4.76. The van der Waals surface area contributed by atoms with Crippen LogP contribution in [0.15, 0.2) is 41.2 Å². The van der Waals surface area contributed by atoms with Gasteiger partial charge < -0.3 is 25.5 Å². The van der Waals surface area contributed by atoms with E-state index in [0.29, 0.717) is 40.1 Å². The molecule has 3 heterocycles. The number of nitrogens with zero attached hydrogens (tertiary/aromatic N) is 3. The summed E-state index contributed by atoms with van der Waals surface area (Å²) in [7, 11) is 0. The van der Waals surface area contributed by atoms with Crippen LogP contribution in [-0.2, 0) is 6.18 Å². The molecular formula is C21H16F3N5O3. The Hall–Kier alpha value is -4.02. The number of rotatable bonds is 3. The Morgan fingerprint density at radius 3 is 2.62 bits per heavy atom. The van der Waals surface area contributed by atoms with E-state index in [1.165, 1.54) is 18.5 Å². The number of aromatic nitrogens is 3. The van der Waals surface area contributed by atoms with Crippen LogP contribution in [0, 0.1) is 0 Å². The minimum absolute atomic E-state index is 0.0216. The van der Waals surface area contributed by atoms with Crippen LogP contribution >= 0.6 is 0 Å². The van der Waals surface area contributed by atoms with Crippen molar-refractivity contribution in [2.24, 2.45) is 0 Å². The summed E-state index contributed by atoms with van der Waals surface area (Å²) < 4.78 is 57.2. The topological polar surface area (TPSA) is 122 Å². The number of ether oxygens (including phenoxy) is 2. The van der Waals surface area contributed by atoms with Crippen molar-refractivity contribution in [2.45, 2.75) is 19.0 Å². The molecular weight excluding hydrogens is 427 g/mol. The van der Waals surface area contributed by atoms with E-state index in [0.717, 1.165) is 12.1 Å². The number of nitrogens with two attached hydrogens (primary N) is 2. The van der Waals surface area contributed by atoms with Crippen molar-refractivity contribution in [3.8, 4) is 28.4 Å². The molecule has 0 aliphatic carbocycles. The number of hydrogen-bond donors (Lipinski definition) is 2. The smallest absolute Gasteiger partial charge is 0.416 e. The van der Waals surface area contributed by atoms with Crippen LogP contribution < -0.4 is 20.9 Å². The first kappa shape index (κ1) is 19.9. The van der Waals surface area contributed by atoms with Crippen LogP contribution in [0.3, 0.4) is 0 Å². The van der Waals surface area contributed by atoms with E-state index in [1.807, 2.05) is 6.92 Å². The molecule has 0 amide bonds. The number of hydrogen-bond acceptors (Lipinski definition) is 8. The van der Waals surface area contributed by atoms with E-state index in [2.05, 4.69) is 15.1 Å². The van der Waals surface area contributed by atoms with Gasteiger partial charge in [0, 0.05) is 23.1 Å². The molecule has 2 aromatic heterocycles. The van der Waals surface area contributed by atoms with Gasteiger partial charge in [0.25, 0.3) is 0 Å². The zero-order chi connectivity index (χ0) is 22.6. The highest BCUT2D eigenvalue weighted by Gasteiger charge is 2.33. The molecule has 1 atom stereocenters. The number of fused-ring (bicyclic) bond motifs is 3. The van der Waals surface area contributed by atoms with Crippen molar-refractivity contribution < 1.29 is 27.2 Å². The Labute approximate surface area is 178 Å². The van der Waals surface area contributed by atoms with Crippen molar-refractivity contribution >= 4 is 22.7 Å². The number of anilines is 2. The lowest BCUT2D eigenvalue weighted by atomic mass is 9.99. The summed E-state index contributed by atoms with van der Waals surface area (Å²) in [6.07, 6.45) is -2.00. The van der Waals surface area contributed by atoms with Gasteiger partial charge in [-0.05, 0) is 23.8 Å². The molecule has 8 nitrogen and oxygen atoms in total. The van der Waals surface area contributed by atoms with Crippen molar-refractivity contribution in [3.63, 3.8) is 0 Å². The summed E-state index contributed by atoms with van der Waals surface area (Å²) >= 11 is 0. The maximum atomic E-state index is 13.5. The molecule has 1 unspecified atom stereocenters. The monoisotopic (exact) mass is 443 g/mol. The van der Waals surface area contributed by atoms with Crippen LogP contribution in [0.25, 0.3) is 22.0 Å². The van der Waals surface area contributed by atoms with Gasteiger partial charge in [-0.1, -0.05) is 12.1 Å². The van der Waals surface area contributed by atoms with E-state index >= 15 is 0 Å². The van der Waals surface area contributed by atoms with E-state index < -0.39 is 11.7 Å². The summed E-state index contributed by atoms with van der Waals surface area (Å²) in [5.41, 5.74) is 12.5. The fourth-order valence-corrected chi connectivity index (χ4v) is 3.76. The molecule has 5 rings (SSSR count). The summed E-state index contributed by atoms with van der Waals surface area (Å²) in [6.45, 7) is 2.26. The highest BCUT2D eigenvalue weighted by molar-refractivity contribution is 5.97. The summed E-state index contributed by atoms with van der Waals surface area (Å²) in [5.74, 6) is 0.731. The minimum atomic E-state index is -4.58. The van der Waals surface area contributed by atoms with E-state index in [1.54, 1.807) is 6.07 Å². The second-order valence-corrected chi connectivity index (χ2v) is 7.45. The number of alkyl halides is 3. The highest BCUT2D eigenvalue weighted by atomic mass is 19.4. The molecule has 11 heteroatoms. The maximum absolute atomic E-state index is 13.5. The molecule has 0 saturated heterocycles. The Bertz CT molecular complexity index is 1340. The molecule has 1 aliphatic heterocycles. The van der Waals surface area contributed by atoms with Crippen LogP contribution in [0.1, 0.15) is 24.0 Å². The van der Waals surface area contributed by atoms with E-state index in [-0.39, 0.29) is 29.0 Å². The standard InChI is InChI=1S/C21H16F3N5O3/c1-9-7-30-18-16(9)15(5-14-17(18)19(25)29-20(26)28-14)32-13-3-10(11-6-27-31-8-11)2-12(4-13)21(22,23)24/h2-6,8-9H,7H2,1H3,(H4,25,26,28,29). The van der Waals surface area contributed by atoms with Gasteiger partial charge in [-0.15, -0.1) is 0 Å². The second-order valence-electron chi connectivity index (χ2n) is 7.45. The third kappa shape index (κ3) is 3.31. The van der Waals surface area contributed by atoms with Crippen molar-refractivity contribution in [1.82, 2.24) is 15.1 Å². The lowest BCUT2D eigenvalue weighted by molar-refractivity contribution is -0.137. The molecule has 2 aromatic carbocycles. The van der Waals surface area contributed by atoms with Gasteiger partial charge in [-0.25, -0.2) is 4.98 Å². The Balaban J connectivity index is 1.68. The van der Waals surface area contributed by atoms with Crippen LogP contribution in [-0.4, -0.2) is 21.7 Å². The molecule has 0 saturated carbocycles. The predicted molar refractivity (Wildman–Crippen MR) is 109 cm³/mol. The average molecular weight is 443 g/mol. The number of halogens is 3. The molecule has 0 bridgehead atoms. The van der Waals surface area contributed by atoms with Gasteiger partial charge in [-0.2, -0.15) is 18.2 Å². The van der Waals surface area contributed by atoms with Gasteiger partial charge in [0.1, 0.15) is 29.3 Å². The Morgan fingerprint density at radius 2 is 1.91 bits per heavy atom. The van der Waals surface area contributed by atoms with E-state index in [9.17, 15) is 13.2 Å². The fraction of sp³-hybridized carbons (Fsp3) is 0.190. The lowest BCUT2D eigenvalue weighted by Crippen LogP contribution is -2.06. The van der Waals surface area contributed by atoms with Gasteiger partial charge in [0.2, 0.25) is 5.95 Å². The second kappa shape index (κ2) is 7.01. The number of nitrogen functional groups attached to an aromatic ring is 2. The molecule has 4 N–H and O–H groups in total. The third-order valence-corrected chi connectivity index (χ3v) is 5.19. The van der Waals surface area contributed by atoms with Crippen molar-refractivity contribution in [2.75, 3.05) is 18.1 Å². The first-order valence-corrected chi connectivity index (χ1v) is 9.53. The van der Waals surface area contributed by atoms with E-state index in [4.69, 9.17) is 25.5 Å². The Kier molecular flexibility index (Phi) is 4.36. The molecule has 0 spiro atoms. The molecule has 4 aromatic rings. The van der Waals surface area contributed by atoms with Gasteiger partial charge in [0.05, 0.1) is 29.3 Å². The van der Waals surface area contributed by atoms with Crippen molar-refractivity contribution in [3.05, 3.63) is 47.9 Å². The molecule has 1 aliphatic rings. The maximum Gasteiger partial charge on any atom is 0.416 e. The average Bonchev–Trinajstić information content (AvgIpc) is 3.37. The first-order chi connectivity index (χ1) is 15.2. The molecule has 0 radical (unpaired) electrons. The minimum Gasteiger partial charge on any atom is -0.492 e. The quantitative estimate of drug-likeness (QED) is 0.465. The molecule has 164 valence electrons. The van der Waals surface area contributed by atoms with Crippen molar-refractivity contribution in [1.29, 1.82) is 0 Å². The number of benzene rings is 2.